The summed E-state index contributed by atoms with van der Waals surface area (Å²) < 4.78 is 2.09. The van der Waals surface area contributed by atoms with Crippen molar-refractivity contribution in [2.24, 2.45) is 0 Å². The highest BCUT2D eigenvalue weighted by Gasteiger charge is 2.53. The third-order valence-corrected chi connectivity index (χ3v) is 4.91. The minimum atomic E-state index is -0.434. The Morgan fingerprint density at radius 1 is 1.24 bits per heavy atom. The zero-order valence-electron chi connectivity index (χ0n) is 12.3. The van der Waals surface area contributed by atoms with E-state index in [1.54, 1.807) is 0 Å². The maximum Gasteiger partial charge on any atom is 0.272 e. The Kier molecular flexibility index (Phi) is 2.54. The molecule has 4 nitrogen and oxygen atoms in total. The van der Waals surface area contributed by atoms with Crippen molar-refractivity contribution >= 4 is 5.91 Å². The van der Waals surface area contributed by atoms with Crippen LogP contribution in [0, 0.1) is 6.92 Å². The van der Waals surface area contributed by atoms with Gasteiger partial charge in [-0.05, 0) is 31.5 Å². The first-order chi connectivity index (χ1) is 10.1. The lowest BCUT2D eigenvalue weighted by atomic mass is 9.88. The van der Waals surface area contributed by atoms with Crippen LogP contribution < -0.4 is 5.32 Å². The third kappa shape index (κ3) is 1.51. The number of nitrogens with one attached hydrogen (secondary N) is 1. The Hall–Kier alpha value is -2.07. The highest BCUT2D eigenvalue weighted by Crippen LogP contribution is 2.43. The van der Waals surface area contributed by atoms with Gasteiger partial charge in [-0.3, -0.25) is 10.1 Å². The fourth-order valence-electron chi connectivity index (χ4n) is 3.82. The zero-order valence-corrected chi connectivity index (χ0v) is 12.3. The number of rotatable bonds is 1. The topological polar surface area (TPSA) is 37.3 Å². The molecule has 0 aliphatic carbocycles. The molecule has 2 unspecified atom stereocenters. The van der Waals surface area contributed by atoms with Crippen molar-refractivity contribution in [3.05, 3.63) is 59.4 Å². The molecule has 4 rings (SSSR count). The molecule has 4 heteroatoms. The summed E-state index contributed by atoms with van der Waals surface area (Å²) in [6, 6.07) is 12.5. The van der Waals surface area contributed by atoms with Crippen LogP contribution in [0.4, 0.5) is 0 Å². The first-order valence-electron chi connectivity index (χ1n) is 7.45. The number of carbonyl (C=O) groups excluding carboxylic acids is 1. The summed E-state index contributed by atoms with van der Waals surface area (Å²) in [6.07, 6.45) is 2.01. The lowest BCUT2D eigenvalue weighted by Gasteiger charge is -2.47. The highest BCUT2D eigenvalue weighted by molar-refractivity contribution is 5.94. The normalized spacial score (nSPS) is 27.6. The number of aromatic nitrogens is 1. The fourth-order valence-corrected chi connectivity index (χ4v) is 3.82. The summed E-state index contributed by atoms with van der Waals surface area (Å²) in [6.45, 7) is 5.85. The maximum atomic E-state index is 12.8. The molecule has 108 valence electrons. The van der Waals surface area contributed by atoms with E-state index >= 15 is 0 Å². The minimum absolute atomic E-state index is 0.115. The van der Waals surface area contributed by atoms with E-state index in [2.05, 4.69) is 48.0 Å². The molecule has 1 aromatic heterocycles. The van der Waals surface area contributed by atoms with Crippen LogP contribution in [0.1, 0.15) is 34.6 Å². The van der Waals surface area contributed by atoms with Gasteiger partial charge in [0.2, 0.25) is 0 Å². The summed E-state index contributed by atoms with van der Waals surface area (Å²) in [5, 5.41) is 3.60. The van der Waals surface area contributed by atoms with Crippen molar-refractivity contribution < 1.29 is 4.79 Å². The minimum Gasteiger partial charge on any atom is -0.337 e. The van der Waals surface area contributed by atoms with Crippen molar-refractivity contribution in [3.8, 4) is 0 Å². The van der Waals surface area contributed by atoms with Crippen molar-refractivity contribution in [2.45, 2.75) is 25.6 Å². The molecule has 3 heterocycles. The van der Waals surface area contributed by atoms with E-state index in [9.17, 15) is 4.79 Å². The second kappa shape index (κ2) is 4.21. The van der Waals surface area contributed by atoms with Crippen LogP contribution in [0.15, 0.2) is 42.6 Å². The van der Waals surface area contributed by atoms with Crippen LogP contribution in [0.2, 0.25) is 0 Å². The van der Waals surface area contributed by atoms with Gasteiger partial charge in [0.25, 0.3) is 5.91 Å². The first-order valence-corrected chi connectivity index (χ1v) is 7.45. The largest absolute Gasteiger partial charge is 0.337 e. The van der Waals surface area contributed by atoms with E-state index in [0.717, 1.165) is 24.3 Å². The van der Waals surface area contributed by atoms with E-state index in [0.29, 0.717) is 0 Å². The van der Waals surface area contributed by atoms with Gasteiger partial charge in [0, 0.05) is 19.3 Å². The predicted molar refractivity (Wildman–Crippen MR) is 81.0 cm³/mol. The summed E-state index contributed by atoms with van der Waals surface area (Å²) in [7, 11) is 0. The lowest BCUT2D eigenvalue weighted by molar-refractivity contribution is 0.0259. The number of aryl methyl sites for hydroxylation is 1. The molecule has 2 aliphatic rings. The molecule has 1 amide bonds. The SMILES string of the molecule is Cc1ccc(C23NCCN2C(=O)c2cccn2C3C)cc1. The van der Waals surface area contributed by atoms with Gasteiger partial charge in [-0.25, -0.2) is 0 Å². The molecule has 0 saturated carbocycles. The average molecular weight is 281 g/mol. The summed E-state index contributed by atoms with van der Waals surface area (Å²) in [5.41, 5.74) is 2.74. The van der Waals surface area contributed by atoms with Gasteiger partial charge in [0.1, 0.15) is 11.4 Å². The molecular weight excluding hydrogens is 262 g/mol. The van der Waals surface area contributed by atoms with E-state index in [1.165, 1.54) is 5.56 Å². The van der Waals surface area contributed by atoms with Crippen molar-refractivity contribution in [3.63, 3.8) is 0 Å². The molecule has 0 radical (unpaired) electrons. The molecular formula is C17H19N3O. The fraction of sp³-hybridized carbons (Fsp3) is 0.353. The molecule has 2 atom stereocenters. The van der Waals surface area contributed by atoms with Gasteiger partial charge >= 0.3 is 0 Å². The molecule has 1 N–H and O–H groups in total. The number of amides is 1. The second-order valence-electron chi connectivity index (χ2n) is 5.99. The molecule has 0 bridgehead atoms. The van der Waals surface area contributed by atoms with Crippen LogP contribution in [-0.2, 0) is 5.66 Å². The van der Waals surface area contributed by atoms with Gasteiger partial charge in [-0.15, -0.1) is 0 Å². The Labute approximate surface area is 124 Å². The number of nitrogens with zero attached hydrogens (tertiary/aromatic N) is 2. The summed E-state index contributed by atoms with van der Waals surface area (Å²) in [4.78, 5) is 14.8. The first kappa shape index (κ1) is 12.7. The quantitative estimate of drug-likeness (QED) is 0.870. The molecule has 2 aliphatic heterocycles. The molecule has 1 fully saturated rings. The van der Waals surface area contributed by atoms with Gasteiger partial charge in [-0.2, -0.15) is 0 Å². The number of fused-ring (bicyclic) bond motifs is 2. The van der Waals surface area contributed by atoms with Crippen LogP contribution in [-0.4, -0.2) is 28.5 Å². The Morgan fingerprint density at radius 3 is 2.76 bits per heavy atom. The van der Waals surface area contributed by atoms with Crippen molar-refractivity contribution in [1.29, 1.82) is 0 Å². The standard InChI is InChI=1S/C17H19N3O/c1-12-5-7-14(8-6-12)17-13(2)19-10-3-4-15(19)16(21)20(17)11-9-18-17/h3-8,10,13,18H,9,11H2,1-2H3. The van der Waals surface area contributed by atoms with E-state index in [1.807, 2.05) is 23.2 Å². The van der Waals surface area contributed by atoms with E-state index in [-0.39, 0.29) is 11.9 Å². The zero-order chi connectivity index (χ0) is 14.6. The van der Waals surface area contributed by atoms with Gasteiger partial charge in [0.15, 0.2) is 0 Å². The number of hydrogen-bond donors (Lipinski definition) is 1. The number of hydrogen-bond acceptors (Lipinski definition) is 2. The van der Waals surface area contributed by atoms with Crippen LogP contribution in [0.25, 0.3) is 0 Å². The molecule has 21 heavy (non-hydrogen) atoms. The van der Waals surface area contributed by atoms with Gasteiger partial charge < -0.3 is 9.47 Å². The van der Waals surface area contributed by atoms with Gasteiger partial charge in [-0.1, -0.05) is 29.8 Å². The van der Waals surface area contributed by atoms with Crippen LogP contribution in [0.5, 0.6) is 0 Å². The number of carbonyl (C=O) groups is 1. The van der Waals surface area contributed by atoms with Gasteiger partial charge in [0.05, 0.1) is 6.04 Å². The summed E-state index contributed by atoms with van der Waals surface area (Å²) in [5.74, 6) is 0.115. The molecule has 1 saturated heterocycles. The second-order valence-corrected chi connectivity index (χ2v) is 5.99. The van der Waals surface area contributed by atoms with E-state index in [4.69, 9.17) is 0 Å². The summed E-state index contributed by atoms with van der Waals surface area (Å²) >= 11 is 0. The van der Waals surface area contributed by atoms with Crippen molar-refractivity contribution in [2.75, 3.05) is 13.1 Å². The average Bonchev–Trinajstić information content (AvgIpc) is 3.13. The molecule has 1 aromatic carbocycles. The Bertz CT molecular complexity index is 703. The highest BCUT2D eigenvalue weighted by atomic mass is 16.2. The Balaban J connectivity index is 1.93. The van der Waals surface area contributed by atoms with E-state index < -0.39 is 5.66 Å². The monoisotopic (exact) mass is 281 g/mol. The third-order valence-electron chi connectivity index (χ3n) is 4.91. The number of benzene rings is 1. The lowest BCUT2D eigenvalue weighted by Crippen LogP contribution is -2.59. The van der Waals surface area contributed by atoms with Crippen molar-refractivity contribution in [1.82, 2.24) is 14.8 Å². The predicted octanol–water partition coefficient (Wildman–Crippen LogP) is 2.27. The van der Waals surface area contributed by atoms with Crippen LogP contribution in [0.3, 0.4) is 0 Å². The molecule has 0 spiro atoms. The Morgan fingerprint density at radius 2 is 2.00 bits per heavy atom. The maximum absolute atomic E-state index is 12.8. The smallest absolute Gasteiger partial charge is 0.272 e. The molecule has 2 aromatic rings. The van der Waals surface area contributed by atoms with Crippen LogP contribution >= 0.6 is 0 Å².